The van der Waals surface area contributed by atoms with E-state index in [9.17, 15) is 4.79 Å². The average molecular weight is 266 g/mol. The normalized spacial score (nSPS) is 12.2. The van der Waals surface area contributed by atoms with Crippen molar-refractivity contribution in [2.24, 2.45) is 5.92 Å². The third-order valence-electron chi connectivity index (χ3n) is 2.90. The molecule has 1 atom stereocenters. The van der Waals surface area contributed by atoms with Gasteiger partial charge in [0.05, 0.1) is 5.75 Å². The van der Waals surface area contributed by atoms with Crippen LogP contribution in [0.2, 0.25) is 0 Å². The van der Waals surface area contributed by atoms with Crippen molar-refractivity contribution in [3.63, 3.8) is 0 Å². The van der Waals surface area contributed by atoms with E-state index in [4.69, 9.17) is 5.73 Å². The van der Waals surface area contributed by atoms with Gasteiger partial charge in [-0.05, 0) is 36.3 Å². The first-order chi connectivity index (χ1) is 8.52. The fraction of sp³-hybridized carbons (Fsp3) is 0.500. The molecule has 0 heterocycles. The van der Waals surface area contributed by atoms with Gasteiger partial charge in [-0.2, -0.15) is 11.8 Å². The second-order valence-corrected chi connectivity index (χ2v) is 5.68. The second-order valence-electron chi connectivity index (χ2n) is 4.65. The van der Waals surface area contributed by atoms with Gasteiger partial charge in [-0.1, -0.05) is 26.3 Å². The molecule has 0 saturated carbocycles. The van der Waals surface area contributed by atoms with Gasteiger partial charge in [0.25, 0.3) is 0 Å². The summed E-state index contributed by atoms with van der Waals surface area (Å²) in [6.07, 6.45) is 1.16. The number of amides is 1. The molecule has 3 nitrogen and oxygen atoms in total. The molecule has 4 heteroatoms. The fourth-order valence-electron chi connectivity index (χ4n) is 1.39. The van der Waals surface area contributed by atoms with Crippen molar-refractivity contribution in [1.82, 2.24) is 0 Å². The Morgan fingerprint density at radius 2 is 2.22 bits per heavy atom. The molecule has 0 aliphatic rings. The molecule has 1 aromatic carbocycles. The van der Waals surface area contributed by atoms with Gasteiger partial charge in [0.2, 0.25) is 5.91 Å². The van der Waals surface area contributed by atoms with Crippen LogP contribution in [0.15, 0.2) is 18.2 Å². The number of nitrogen functional groups attached to an aromatic ring is 1. The molecule has 1 rings (SSSR count). The zero-order valence-corrected chi connectivity index (χ0v) is 12.1. The standard InChI is InChI=1S/C14H22N2OS/c1-4-10(2)8-18-9-14(17)16-12-6-5-11(3)13(15)7-12/h5-7,10H,4,8-9,15H2,1-3H3,(H,16,17). The van der Waals surface area contributed by atoms with Crippen LogP contribution in [-0.4, -0.2) is 17.4 Å². The molecule has 3 N–H and O–H groups in total. The van der Waals surface area contributed by atoms with Gasteiger partial charge in [0.1, 0.15) is 0 Å². The van der Waals surface area contributed by atoms with Crippen LogP contribution in [0.25, 0.3) is 0 Å². The van der Waals surface area contributed by atoms with Crippen LogP contribution in [-0.2, 0) is 4.79 Å². The Hall–Kier alpha value is -1.16. The predicted octanol–water partition coefficient (Wildman–Crippen LogP) is 3.30. The van der Waals surface area contributed by atoms with Gasteiger partial charge >= 0.3 is 0 Å². The van der Waals surface area contributed by atoms with Crippen molar-refractivity contribution in [2.75, 3.05) is 22.6 Å². The van der Waals surface area contributed by atoms with E-state index < -0.39 is 0 Å². The zero-order valence-electron chi connectivity index (χ0n) is 11.3. The summed E-state index contributed by atoms with van der Waals surface area (Å²) in [5.74, 6) is 2.22. The van der Waals surface area contributed by atoms with Gasteiger partial charge in [-0.3, -0.25) is 4.79 Å². The van der Waals surface area contributed by atoms with E-state index in [1.54, 1.807) is 17.8 Å². The highest BCUT2D eigenvalue weighted by Crippen LogP contribution is 2.17. The summed E-state index contributed by atoms with van der Waals surface area (Å²) in [6.45, 7) is 6.31. The maximum absolute atomic E-state index is 11.7. The first-order valence-electron chi connectivity index (χ1n) is 6.26. The summed E-state index contributed by atoms with van der Waals surface area (Å²) in [5.41, 5.74) is 8.30. The van der Waals surface area contributed by atoms with E-state index in [0.29, 0.717) is 17.4 Å². The van der Waals surface area contributed by atoms with Gasteiger partial charge in [0.15, 0.2) is 0 Å². The molecule has 1 amide bonds. The number of anilines is 2. The largest absolute Gasteiger partial charge is 0.398 e. The van der Waals surface area contributed by atoms with Gasteiger partial charge in [-0.25, -0.2) is 0 Å². The number of nitrogens with two attached hydrogens (primary N) is 1. The molecule has 0 radical (unpaired) electrons. The topological polar surface area (TPSA) is 55.1 Å². The Morgan fingerprint density at radius 3 is 2.83 bits per heavy atom. The maximum Gasteiger partial charge on any atom is 0.234 e. The number of nitrogens with one attached hydrogen (secondary N) is 1. The molecule has 0 aliphatic heterocycles. The molecule has 1 unspecified atom stereocenters. The molecule has 0 aromatic heterocycles. The molecular formula is C14H22N2OS. The minimum atomic E-state index is 0.0338. The van der Waals surface area contributed by atoms with Crippen LogP contribution in [0.5, 0.6) is 0 Å². The molecular weight excluding hydrogens is 244 g/mol. The Kier molecular flexibility index (Phi) is 6.05. The summed E-state index contributed by atoms with van der Waals surface area (Å²) < 4.78 is 0. The first-order valence-corrected chi connectivity index (χ1v) is 7.42. The average Bonchev–Trinajstić information content (AvgIpc) is 2.33. The van der Waals surface area contributed by atoms with Gasteiger partial charge in [-0.15, -0.1) is 0 Å². The van der Waals surface area contributed by atoms with Gasteiger partial charge in [0, 0.05) is 11.4 Å². The van der Waals surface area contributed by atoms with E-state index in [1.807, 2.05) is 19.1 Å². The van der Waals surface area contributed by atoms with Crippen LogP contribution in [0, 0.1) is 12.8 Å². The predicted molar refractivity (Wildman–Crippen MR) is 81.0 cm³/mol. The van der Waals surface area contributed by atoms with Crippen molar-refractivity contribution < 1.29 is 4.79 Å². The minimum Gasteiger partial charge on any atom is -0.398 e. The molecule has 0 fully saturated rings. The summed E-state index contributed by atoms with van der Waals surface area (Å²) in [5, 5.41) is 2.86. The molecule has 18 heavy (non-hydrogen) atoms. The quantitative estimate of drug-likeness (QED) is 0.777. The third-order valence-corrected chi connectivity index (χ3v) is 4.17. The van der Waals surface area contributed by atoms with E-state index >= 15 is 0 Å². The lowest BCUT2D eigenvalue weighted by Gasteiger charge is -2.09. The van der Waals surface area contributed by atoms with E-state index in [1.165, 1.54) is 0 Å². The molecule has 0 bridgehead atoms. The third kappa shape index (κ3) is 5.00. The lowest BCUT2D eigenvalue weighted by atomic mass is 10.2. The minimum absolute atomic E-state index is 0.0338. The fourth-order valence-corrected chi connectivity index (χ4v) is 2.40. The number of thioether (sulfide) groups is 1. The number of carbonyl (C=O) groups excluding carboxylic acids is 1. The maximum atomic E-state index is 11.7. The van der Waals surface area contributed by atoms with Crippen molar-refractivity contribution in [1.29, 1.82) is 0 Å². The summed E-state index contributed by atoms with van der Waals surface area (Å²) in [6, 6.07) is 5.59. The van der Waals surface area contributed by atoms with E-state index in [0.717, 1.165) is 23.4 Å². The van der Waals surface area contributed by atoms with Crippen molar-refractivity contribution >= 4 is 29.0 Å². The lowest BCUT2D eigenvalue weighted by Crippen LogP contribution is -2.15. The van der Waals surface area contributed by atoms with Crippen molar-refractivity contribution in [2.45, 2.75) is 27.2 Å². The number of carbonyl (C=O) groups is 1. The van der Waals surface area contributed by atoms with Crippen molar-refractivity contribution in [3.05, 3.63) is 23.8 Å². The van der Waals surface area contributed by atoms with Crippen LogP contribution in [0.1, 0.15) is 25.8 Å². The Morgan fingerprint density at radius 1 is 1.50 bits per heavy atom. The zero-order chi connectivity index (χ0) is 13.5. The molecule has 0 spiro atoms. The number of hydrogen-bond acceptors (Lipinski definition) is 3. The van der Waals surface area contributed by atoms with Crippen molar-refractivity contribution in [3.8, 4) is 0 Å². The lowest BCUT2D eigenvalue weighted by molar-refractivity contribution is -0.113. The molecule has 1 aromatic rings. The number of rotatable bonds is 6. The smallest absolute Gasteiger partial charge is 0.234 e. The Bertz CT molecular complexity index is 407. The molecule has 0 saturated heterocycles. The van der Waals surface area contributed by atoms with Crippen LogP contribution < -0.4 is 11.1 Å². The van der Waals surface area contributed by atoms with Crippen LogP contribution in [0.4, 0.5) is 11.4 Å². The SMILES string of the molecule is CCC(C)CSCC(=O)Nc1ccc(C)c(N)c1. The van der Waals surface area contributed by atoms with E-state index in [-0.39, 0.29) is 5.91 Å². The number of hydrogen-bond donors (Lipinski definition) is 2. The van der Waals surface area contributed by atoms with Crippen LogP contribution >= 0.6 is 11.8 Å². The number of benzene rings is 1. The summed E-state index contributed by atoms with van der Waals surface area (Å²) in [7, 11) is 0. The second kappa shape index (κ2) is 7.31. The van der Waals surface area contributed by atoms with E-state index in [2.05, 4.69) is 19.2 Å². The summed E-state index contributed by atoms with van der Waals surface area (Å²) >= 11 is 1.68. The number of aryl methyl sites for hydroxylation is 1. The molecule has 100 valence electrons. The van der Waals surface area contributed by atoms with Crippen LogP contribution in [0.3, 0.4) is 0 Å². The monoisotopic (exact) mass is 266 g/mol. The highest BCUT2D eigenvalue weighted by atomic mass is 32.2. The Labute approximate surface area is 114 Å². The molecule has 0 aliphatic carbocycles. The Balaban J connectivity index is 2.38. The highest BCUT2D eigenvalue weighted by Gasteiger charge is 2.05. The highest BCUT2D eigenvalue weighted by molar-refractivity contribution is 7.99. The first kappa shape index (κ1) is 14.9. The summed E-state index contributed by atoms with van der Waals surface area (Å²) in [4.78, 5) is 11.7. The van der Waals surface area contributed by atoms with Gasteiger partial charge < -0.3 is 11.1 Å².